The van der Waals surface area contributed by atoms with E-state index >= 15 is 0 Å². The molecule has 0 spiro atoms. The van der Waals surface area contributed by atoms with Crippen LogP contribution in [0, 0.1) is 0 Å². The van der Waals surface area contributed by atoms with Crippen molar-refractivity contribution >= 4 is 27.3 Å². The van der Waals surface area contributed by atoms with Crippen LogP contribution in [0.25, 0.3) is 5.53 Å². The molecule has 0 fully saturated rings. The van der Waals surface area contributed by atoms with Crippen LogP contribution in [-0.4, -0.2) is 30.5 Å². The molecule has 0 aliphatic carbocycles. The lowest BCUT2D eigenvalue weighted by molar-refractivity contribution is -0.123. The van der Waals surface area contributed by atoms with Crippen LogP contribution in [0.3, 0.4) is 0 Å². The summed E-state index contributed by atoms with van der Waals surface area (Å²) in [6.45, 7) is 1.13. The number of nitrogens with zero attached hydrogens (tertiary/aromatic N) is 2. The van der Waals surface area contributed by atoms with E-state index in [0.29, 0.717) is 5.56 Å². The Labute approximate surface area is 116 Å². The minimum absolute atomic E-state index is 0.0195. The first kappa shape index (κ1) is 15.9. The van der Waals surface area contributed by atoms with Crippen LogP contribution in [0.2, 0.25) is 0 Å². The molecular formula is C12H13N3O4S. The molecule has 0 bridgehead atoms. The van der Waals surface area contributed by atoms with E-state index in [9.17, 15) is 18.0 Å². The van der Waals surface area contributed by atoms with Crippen LogP contribution in [0.4, 0.5) is 0 Å². The average Bonchev–Trinajstić information content (AvgIpc) is 2.36. The van der Waals surface area contributed by atoms with Gasteiger partial charge in [-0.25, -0.2) is 13.6 Å². The maximum atomic E-state index is 11.6. The molecule has 8 heteroatoms. The fourth-order valence-electron chi connectivity index (χ4n) is 1.54. The first-order valence-corrected chi connectivity index (χ1v) is 7.18. The highest BCUT2D eigenvalue weighted by atomic mass is 32.2. The van der Waals surface area contributed by atoms with E-state index in [1.807, 2.05) is 0 Å². The van der Waals surface area contributed by atoms with Gasteiger partial charge in [0.05, 0.1) is 4.90 Å². The molecule has 1 aromatic carbocycles. The Morgan fingerprint density at radius 2 is 1.80 bits per heavy atom. The molecule has 106 valence electrons. The molecule has 0 saturated heterocycles. The molecule has 0 amide bonds. The lowest BCUT2D eigenvalue weighted by atomic mass is 10.0. The highest BCUT2D eigenvalue weighted by molar-refractivity contribution is 7.89. The summed E-state index contributed by atoms with van der Waals surface area (Å²) in [7, 11) is -3.74. The number of Topliss-reactive ketones (excluding diaryl/α,β-unsaturated/α-hetero) is 2. The monoisotopic (exact) mass is 295 g/mol. The zero-order valence-electron chi connectivity index (χ0n) is 10.7. The number of carbonyl (C=O) groups excluding carboxylic acids is 2. The molecule has 20 heavy (non-hydrogen) atoms. The molecule has 0 unspecified atom stereocenters. The van der Waals surface area contributed by atoms with Gasteiger partial charge in [0.25, 0.3) is 0 Å². The Hall–Kier alpha value is -2.15. The van der Waals surface area contributed by atoms with Crippen molar-refractivity contribution < 1.29 is 22.8 Å². The van der Waals surface area contributed by atoms with Gasteiger partial charge < -0.3 is 5.53 Å². The molecule has 7 nitrogen and oxygen atoms in total. The van der Waals surface area contributed by atoms with Crippen molar-refractivity contribution in [2.75, 3.05) is 0 Å². The van der Waals surface area contributed by atoms with Gasteiger partial charge in [0.1, 0.15) is 0 Å². The van der Waals surface area contributed by atoms with Crippen LogP contribution in [-0.2, 0) is 26.0 Å². The normalized spacial score (nSPS) is 10.7. The molecule has 0 aliphatic heterocycles. The number of aryl methyl sites for hydroxylation is 1. The minimum atomic E-state index is -3.74. The molecular weight excluding hydrogens is 282 g/mol. The quantitative estimate of drug-likeness (QED) is 0.345. The van der Waals surface area contributed by atoms with Gasteiger partial charge in [0, 0.05) is 13.3 Å². The number of carbonyl (C=O) groups is 2. The number of benzene rings is 1. The molecule has 0 aliphatic rings. The van der Waals surface area contributed by atoms with Crippen molar-refractivity contribution in [3.63, 3.8) is 0 Å². The fourth-order valence-corrected chi connectivity index (χ4v) is 2.06. The van der Waals surface area contributed by atoms with Gasteiger partial charge in [-0.2, -0.15) is 4.79 Å². The van der Waals surface area contributed by atoms with Gasteiger partial charge in [-0.15, -0.1) is 0 Å². The predicted molar refractivity (Wildman–Crippen MR) is 70.5 cm³/mol. The van der Waals surface area contributed by atoms with E-state index in [-0.39, 0.29) is 17.7 Å². The molecule has 0 radical (unpaired) electrons. The summed E-state index contributed by atoms with van der Waals surface area (Å²) >= 11 is 0. The summed E-state index contributed by atoms with van der Waals surface area (Å²) in [4.78, 5) is 25.2. The second-order valence-electron chi connectivity index (χ2n) is 4.12. The van der Waals surface area contributed by atoms with Gasteiger partial charge in [-0.05, 0) is 24.1 Å². The van der Waals surface area contributed by atoms with E-state index in [1.54, 1.807) is 0 Å². The van der Waals surface area contributed by atoms with E-state index in [2.05, 4.69) is 4.79 Å². The van der Waals surface area contributed by atoms with Gasteiger partial charge >= 0.3 is 5.71 Å². The highest BCUT2D eigenvalue weighted by Crippen LogP contribution is 2.10. The van der Waals surface area contributed by atoms with Gasteiger partial charge in [-0.1, -0.05) is 12.1 Å². The first-order chi connectivity index (χ1) is 9.25. The Kier molecular flexibility index (Phi) is 5.04. The Balaban J connectivity index is 2.75. The summed E-state index contributed by atoms with van der Waals surface area (Å²) in [5.74, 6) is -1.18. The highest BCUT2D eigenvalue weighted by Gasteiger charge is 2.24. The third-order valence-corrected chi connectivity index (χ3v) is 3.52. The van der Waals surface area contributed by atoms with Gasteiger partial charge in [0.2, 0.25) is 21.6 Å². The van der Waals surface area contributed by atoms with Crippen molar-refractivity contribution in [3.8, 4) is 0 Å². The summed E-state index contributed by atoms with van der Waals surface area (Å²) in [5.41, 5.74) is 8.76. The zero-order chi connectivity index (χ0) is 15.3. The predicted octanol–water partition coefficient (Wildman–Crippen LogP) is 0.0955. The number of primary sulfonamides is 1. The summed E-state index contributed by atoms with van der Waals surface area (Å²) in [6.07, 6.45) is 0.268. The van der Waals surface area contributed by atoms with Crippen molar-refractivity contribution in [1.29, 1.82) is 0 Å². The molecule has 1 aromatic rings. The average molecular weight is 295 g/mol. The number of hydrogen-bond acceptors (Lipinski definition) is 4. The maximum Gasteiger partial charge on any atom is 0.399 e. The largest absolute Gasteiger partial charge is 0.399 e. The SMILES string of the molecule is CC(=O)C(=[N+]=[N-])C(=O)CCc1ccc(S(N)(=O)=O)cc1. The van der Waals surface area contributed by atoms with Crippen LogP contribution in [0.1, 0.15) is 18.9 Å². The van der Waals surface area contributed by atoms with Crippen molar-refractivity contribution in [2.45, 2.75) is 24.7 Å². The van der Waals surface area contributed by atoms with Crippen molar-refractivity contribution in [3.05, 3.63) is 35.4 Å². The molecule has 0 aromatic heterocycles. The van der Waals surface area contributed by atoms with Gasteiger partial charge in [0.15, 0.2) is 0 Å². The van der Waals surface area contributed by atoms with E-state index < -0.39 is 27.3 Å². The third-order valence-electron chi connectivity index (χ3n) is 2.59. The maximum absolute atomic E-state index is 11.6. The van der Waals surface area contributed by atoms with Crippen LogP contribution in [0.5, 0.6) is 0 Å². The standard InChI is InChI=1S/C12H13N3O4S/c1-8(16)12(15-13)11(17)7-4-9-2-5-10(6-3-9)20(14,18)19/h2-3,5-6H,4,7H2,1H3,(H2,14,18,19). The van der Waals surface area contributed by atoms with Crippen LogP contribution in [0.15, 0.2) is 29.2 Å². The first-order valence-electron chi connectivity index (χ1n) is 5.63. The number of nitrogens with two attached hydrogens (primary N) is 1. The van der Waals surface area contributed by atoms with E-state index in [4.69, 9.17) is 10.7 Å². The minimum Gasteiger partial charge on any atom is -0.360 e. The Morgan fingerprint density at radius 1 is 1.25 bits per heavy atom. The van der Waals surface area contributed by atoms with Crippen LogP contribution >= 0.6 is 0 Å². The molecule has 0 heterocycles. The second kappa shape index (κ2) is 6.33. The summed E-state index contributed by atoms with van der Waals surface area (Å²) in [6, 6.07) is 5.72. The summed E-state index contributed by atoms with van der Waals surface area (Å²) < 4.78 is 22.1. The summed E-state index contributed by atoms with van der Waals surface area (Å²) in [5, 5.41) is 4.96. The topological polar surface area (TPSA) is 131 Å². The van der Waals surface area contributed by atoms with E-state index in [1.165, 1.54) is 24.3 Å². The number of rotatable bonds is 6. The van der Waals surface area contributed by atoms with Crippen LogP contribution < -0.4 is 5.14 Å². The molecule has 0 saturated carbocycles. The lowest BCUT2D eigenvalue weighted by Crippen LogP contribution is -2.23. The smallest absolute Gasteiger partial charge is 0.360 e. The third kappa shape index (κ3) is 4.20. The van der Waals surface area contributed by atoms with Crippen molar-refractivity contribution in [1.82, 2.24) is 0 Å². The molecule has 2 N–H and O–H groups in total. The van der Waals surface area contributed by atoms with Gasteiger partial charge in [-0.3, -0.25) is 9.59 Å². The zero-order valence-corrected chi connectivity index (χ0v) is 11.6. The number of hydrogen-bond donors (Lipinski definition) is 1. The fraction of sp³-hybridized carbons (Fsp3) is 0.250. The Bertz CT molecular complexity index is 686. The Morgan fingerprint density at radius 3 is 2.20 bits per heavy atom. The van der Waals surface area contributed by atoms with E-state index in [0.717, 1.165) is 6.92 Å². The number of ketones is 2. The number of sulfonamides is 1. The second-order valence-corrected chi connectivity index (χ2v) is 5.68. The molecule has 0 atom stereocenters. The molecule has 1 rings (SSSR count). The lowest BCUT2D eigenvalue weighted by Gasteiger charge is -2.01. The van der Waals surface area contributed by atoms with Crippen molar-refractivity contribution in [2.24, 2.45) is 5.14 Å².